The number of anilines is 1. The maximum absolute atomic E-state index is 15.7. The van der Waals surface area contributed by atoms with Gasteiger partial charge in [-0.05, 0) is 38.2 Å². The number of benzene rings is 1. The molecule has 0 radical (unpaired) electrons. The van der Waals surface area contributed by atoms with Gasteiger partial charge in [0.1, 0.15) is 10.4 Å². The summed E-state index contributed by atoms with van der Waals surface area (Å²) in [5, 5.41) is 7.29. The Morgan fingerprint density at radius 3 is 2.80 bits per heavy atom. The first-order chi connectivity index (χ1) is 14.3. The molecule has 2 saturated heterocycles. The number of nitrogens with zero attached hydrogens (tertiary/aromatic N) is 2. The van der Waals surface area contributed by atoms with Gasteiger partial charge in [-0.3, -0.25) is 19.7 Å². The highest BCUT2D eigenvalue weighted by atomic mass is 32.2. The van der Waals surface area contributed by atoms with Crippen molar-refractivity contribution in [2.24, 2.45) is 5.41 Å². The van der Waals surface area contributed by atoms with Crippen molar-refractivity contribution >= 4 is 46.0 Å². The molecule has 8 nitrogen and oxygen atoms in total. The van der Waals surface area contributed by atoms with E-state index in [9.17, 15) is 14.4 Å². The van der Waals surface area contributed by atoms with Crippen LogP contribution in [0.5, 0.6) is 0 Å². The van der Waals surface area contributed by atoms with E-state index in [-0.39, 0.29) is 24.5 Å². The summed E-state index contributed by atoms with van der Waals surface area (Å²) in [5.74, 6) is -2.28. The second-order valence-electron chi connectivity index (χ2n) is 8.14. The number of thioether (sulfide) groups is 1. The molecule has 0 saturated carbocycles. The number of Topliss-reactive ketones (excluding diaryl/α,β-unsaturated/α-hetero) is 1. The van der Waals surface area contributed by atoms with Gasteiger partial charge in [-0.25, -0.2) is 4.39 Å². The molecule has 10 heteroatoms. The maximum atomic E-state index is 15.7. The Kier molecular flexibility index (Phi) is 4.24. The molecule has 1 aromatic heterocycles. The lowest BCUT2D eigenvalue weighted by atomic mass is 9.63. The SMILES string of the molecule is CSc1noc2c(F)c3c(cc12)CC1(C(=O)CC(=O)NC1=O)[C@H]1[C@H](C)O[C@H](C)CN31. The zero-order valence-electron chi connectivity index (χ0n) is 16.7. The van der Waals surface area contributed by atoms with E-state index in [4.69, 9.17) is 9.26 Å². The number of ether oxygens (including phenoxy) is 1. The van der Waals surface area contributed by atoms with Gasteiger partial charge in [0, 0.05) is 6.54 Å². The van der Waals surface area contributed by atoms with Gasteiger partial charge in [0.05, 0.1) is 35.7 Å². The van der Waals surface area contributed by atoms with Crippen LogP contribution in [0.15, 0.2) is 15.6 Å². The van der Waals surface area contributed by atoms with Gasteiger partial charge in [0.25, 0.3) is 0 Å². The van der Waals surface area contributed by atoms with Crippen molar-refractivity contribution in [3.8, 4) is 0 Å². The van der Waals surface area contributed by atoms with Crippen LogP contribution in [0.2, 0.25) is 0 Å². The first kappa shape index (κ1) is 19.5. The van der Waals surface area contributed by atoms with Crippen LogP contribution in [0.1, 0.15) is 25.8 Å². The molecular weight excluding hydrogens is 413 g/mol. The number of aromatic nitrogens is 1. The number of ketones is 1. The van der Waals surface area contributed by atoms with E-state index in [1.807, 2.05) is 6.92 Å². The number of carbonyl (C=O) groups is 3. The van der Waals surface area contributed by atoms with Crippen LogP contribution in [0.3, 0.4) is 0 Å². The van der Waals surface area contributed by atoms with Crippen LogP contribution in [0.4, 0.5) is 10.1 Å². The summed E-state index contributed by atoms with van der Waals surface area (Å²) in [6.07, 6.45) is 0.629. The standard InChI is InChI=1S/C20H20FN3O5S/c1-8-7-24-15-10(4-11-16(14(15)21)29-23-18(11)30-3)6-20(17(24)9(2)28-8)12(25)5-13(26)22-19(20)27/h4,8-9,17H,5-7H2,1-3H3,(H,22,26,27)/t8-,9+,17-,20?/m1/s1. The Morgan fingerprint density at radius 1 is 1.33 bits per heavy atom. The highest BCUT2D eigenvalue weighted by molar-refractivity contribution is 7.98. The molecule has 1 spiro atoms. The zero-order chi connectivity index (χ0) is 21.4. The molecule has 30 heavy (non-hydrogen) atoms. The smallest absolute Gasteiger partial charge is 0.242 e. The fourth-order valence-corrected chi connectivity index (χ4v) is 5.76. The number of amides is 2. The van der Waals surface area contributed by atoms with E-state index in [1.54, 1.807) is 24.1 Å². The summed E-state index contributed by atoms with van der Waals surface area (Å²) in [6.45, 7) is 3.93. The normalized spacial score (nSPS) is 31.1. The van der Waals surface area contributed by atoms with Crippen molar-refractivity contribution in [2.75, 3.05) is 17.7 Å². The van der Waals surface area contributed by atoms with Gasteiger partial charge in [-0.15, -0.1) is 11.8 Å². The first-order valence-electron chi connectivity index (χ1n) is 9.72. The van der Waals surface area contributed by atoms with Gasteiger partial charge in [-0.1, -0.05) is 5.16 Å². The molecule has 0 bridgehead atoms. The molecule has 4 atom stereocenters. The van der Waals surface area contributed by atoms with Crippen LogP contribution in [0, 0.1) is 11.2 Å². The molecule has 5 rings (SSSR count). The van der Waals surface area contributed by atoms with Gasteiger partial charge >= 0.3 is 0 Å². The summed E-state index contributed by atoms with van der Waals surface area (Å²) in [5.41, 5.74) is -0.651. The monoisotopic (exact) mass is 433 g/mol. The van der Waals surface area contributed by atoms with E-state index >= 15 is 4.39 Å². The van der Waals surface area contributed by atoms with Crippen LogP contribution in [0.25, 0.3) is 11.0 Å². The van der Waals surface area contributed by atoms with Gasteiger partial charge in [0.2, 0.25) is 17.4 Å². The number of hydrogen-bond donors (Lipinski definition) is 1. The van der Waals surface area contributed by atoms with Gasteiger partial charge in [-0.2, -0.15) is 0 Å². The third-order valence-corrected chi connectivity index (χ3v) is 7.02. The summed E-state index contributed by atoms with van der Waals surface area (Å²) >= 11 is 1.32. The minimum Gasteiger partial charge on any atom is -0.372 e. The second kappa shape index (κ2) is 6.52. The third kappa shape index (κ3) is 2.43. The zero-order valence-corrected chi connectivity index (χ0v) is 17.5. The lowest BCUT2D eigenvalue weighted by Gasteiger charge is -2.55. The number of nitrogens with one attached hydrogen (secondary N) is 1. The van der Waals surface area contributed by atoms with Crippen LogP contribution < -0.4 is 10.2 Å². The molecule has 4 heterocycles. The van der Waals surface area contributed by atoms with Crippen LogP contribution >= 0.6 is 11.8 Å². The quantitative estimate of drug-likeness (QED) is 0.413. The lowest BCUT2D eigenvalue weighted by molar-refractivity contribution is -0.158. The minimum atomic E-state index is -1.53. The average molecular weight is 433 g/mol. The minimum absolute atomic E-state index is 0.0185. The summed E-state index contributed by atoms with van der Waals surface area (Å²) < 4.78 is 26.9. The first-order valence-corrected chi connectivity index (χ1v) is 10.9. The molecule has 3 aliphatic heterocycles. The van der Waals surface area contributed by atoms with E-state index < -0.39 is 41.0 Å². The molecular formula is C20H20FN3O5S. The molecule has 0 aliphatic carbocycles. The maximum Gasteiger partial charge on any atom is 0.242 e. The largest absolute Gasteiger partial charge is 0.372 e. The number of carbonyl (C=O) groups excluding carboxylic acids is 3. The Bertz CT molecular complexity index is 1100. The van der Waals surface area contributed by atoms with Gasteiger partial charge in [0.15, 0.2) is 11.6 Å². The van der Waals surface area contributed by atoms with Crippen LogP contribution in [-0.2, 0) is 25.5 Å². The highest BCUT2D eigenvalue weighted by Crippen LogP contribution is 2.50. The van der Waals surface area contributed by atoms with Crippen molar-refractivity contribution in [3.63, 3.8) is 0 Å². The van der Waals surface area contributed by atoms with E-state index in [0.717, 1.165) is 0 Å². The fourth-order valence-electron chi connectivity index (χ4n) is 5.27. The van der Waals surface area contributed by atoms with Crippen LogP contribution in [-0.4, -0.2) is 53.8 Å². The predicted molar refractivity (Wildman–Crippen MR) is 106 cm³/mol. The Morgan fingerprint density at radius 2 is 2.10 bits per heavy atom. The molecule has 2 amide bonds. The number of piperidine rings is 1. The Balaban J connectivity index is 1.79. The topological polar surface area (TPSA) is 102 Å². The molecule has 1 aromatic carbocycles. The number of morpholine rings is 1. The van der Waals surface area contributed by atoms with Crippen molar-refractivity contribution in [1.82, 2.24) is 10.5 Å². The highest BCUT2D eigenvalue weighted by Gasteiger charge is 2.62. The number of hydrogen-bond acceptors (Lipinski definition) is 8. The predicted octanol–water partition coefficient (Wildman–Crippen LogP) is 1.83. The molecule has 2 aromatic rings. The van der Waals surface area contributed by atoms with E-state index in [2.05, 4.69) is 10.5 Å². The molecule has 2 fully saturated rings. The molecule has 1 unspecified atom stereocenters. The van der Waals surface area contributed by atoms with Gasteiger partial charge < -0.3 is 14.2 Å². The Labute approximate surface area is 175 Å². The van der Waals surface area contributed by atoms with Crippen molar-refractivity contribution in [3.05, 3.63) is 17.4 Å². The number of rotatable bonds is 1. The Hall–Kier alpha value is -2.46. The van der Waals surface area contributed by atoms with E-state index in [0.29, 0.717) is 28.2 Å². The second-order valence-corrected chi connectivity index (χ2v) is 8.94. The third-order valence-electron chi connectivity index (χ3n) is 6.34. The summed E-state index contributed by atoms with van der Waals surface area (Å²) in [6, 6.07) is 1.01. The molecule has 3 aliphatic rings. The van der Waals surface area contributed by atoms with Crippen molar-refractivity contribution in [2.45, 2.75) is 50.0 Å². The van der Waals surface area contributed by atoms with Crippen molar-refractivity contribution < 1.29 is 28.0 Å². The summed E-state index contributed by atoms with van der Waals surface area (Å²) in [4.78, 5) is 40.0. The lowest BCUT2D eigenvalue weighted by Crippen LogP contribution is -2.72. The molecule has 1 N–H and O–H groups in total. The van der Waals surface area contributed by atoms with E-state index in [1.165, 1.54) is 11.8 Å². The number of halogens is 1. The average Bonchev–Trinajstić information content (AvgIpc) is 3.08. The molecule has 158 valence electrons. The van der Waals surface area contributed by atoms with Crippen molar-refractivity contribution in [1.29, 1.82) is 0 Å². The number of fused-ring (bicyclic) bond motifs is 5. The summed E-state index contributed by atoms with van der Waals surface area (Å²) in [7, 11) is 0. The fraction of sp³-hybridized carbons (Fsp3) is 0.500. The number of imide groups is 1.